The third-order valence-electron chi connectivity index (χ3n) is 8.14. The van der Waals surface area contributed by atoms with E-state index >= 15 is 0 Å². The van der Waals surface area contributed by atoms with Gasteiger partial charge in [-0.15, -0.1) is 0 Å². The number of anilines is 1. The van der Waals surface area contributed by atoms with Gasteiger partial charge in [0, 0.05) is 61.2 Å². The van der Waals surface area contributed by atoms with E-state index in [9.17, 15) is 13.6 Å². The van der Waals surface area contributed by atoms with Crippen LogP contribution in [-0.2, 0) is 22.7 Å². The molecule has 42 heavy (non-hydrogen) atoms. The Morgan fingerprint density at radius 3 is 2.86 bits per heavy atom. The zero-order chi connectivity index (χ0) is 29.2. The quantitative estimate of drug-likeness (QED) is 0.393. The minimum Gasteiger partial charge on any atom is -0.383 e. The molecule has 6 rings (SSSR count). The number of fused-ring (bicyclic) bond motifs is 1. The Balaban J connectivity index is 1.28. The molecule has 1 aromatic carbocycles. The Morgan fingerprint density at radius 2 is 2.07 bits per heavy atom. The fourth-order valence-corrected chi connectivity index (χ4v) is 5.90. The lowest BCUT2D eigenvalue weighted by Gasteiger charge is -2.21. The van der Waals surface area contributed by atoms with E-state index in [1.165, 1.54) is 6.07 Å². The van der Waals surface area contributed by atoms with Crippen LogP contribution in [0.5, 0.6) is 0 Å². The van der Waals surface area contributed by atoms with Crippen molar-refractivity contribution < 1.29 is 23.0 Å². The Bertz CT molecular complexity index is 1550. The number of amides is 2. The van der Waals surface area contributed by atoms with Crippen LogP contribution in [0.3, 0.4) is 0 Å². The SMILES string of the molecule is COCCN1C[C@@H](NC(=O)Nc2c(C)c(-c3cnc4c(c3)COC4)nn2C2=CC=CCC2)[C@H](c2ccc(F)c(F)c2)C1. The number of hydrogen-bond donors (Lipinski definition) is 2. The zero-order valence-electron chi connectivity index (χ0n) is 23.7. The normalized spacial score (nSPS) is 20.0. The van der Waals surface area contributed by atoms with Crippen molar-refractivity contribution in [1.29, 1.82) is 0 Å². The summed E-state index contributed by atoms with van der Waals surface area (Å²) < 4.78 is 40.4. The van der Waals surface area contributed by atoms with Crippen molar-refractivity contribution >= 4 is 17.5 Å². The number of benzene rings is 1. The van der Waals surface area contributed by atoms with E-state index in [2.05, 4.69) is 26.6 Å². The number of allylic oxidation sites excluding steroid dienone is 4. The third kappa shape index (κ3) is 5.72. The number of urea groups is 1. The number of methoxy groups -OCH3 is 1. The van der Waals surface area contributed by atoms with Crippen LogP contribution >= 0.6 is 0 Å². The van der Waals surface area contributed by atoms with Gasteiger partial charge in [-0.3, -0.25) is 15.2 Å². The molecule has 2 aromatic heterocycles. The predicted octanol–water partition coefficient (Wildman–Crippen LogP) is 4.99. The minimum atomic E-state index is -0.902. The van der Waals surface area contributed by atoms with Gasteiger partial charge in [0.1, 0.15) is 5.82 Å². The van der Waals surface area contributed by atoms with E-state index < -0.39 is 17.7 Å². The van der Waals surface area contributed by atoms with Crippen LogP contribution in [0, 0.1) is 18.6 Å². The number of rotatable bonds is 8. The third-order valence-corrected chi connectivity index (χ3v) is 8.14. The van der Waals surface area contributed by atoms with E-state index in [0.717, 1.165) is 52.7 Å². The van der Waals surface area contributed by atoms with Crippen LogP contribution in [0.4, 0.5) is 19.4 Å². The van der Waals surface area contributed by atoms with Crippen molar-refractivity contribution in [2.75, 3.05) is 38.7 Å². The minimum absolute atomic E-state index is 0.227. The highest BCUT2D eigenvalue weighted by molar-refractivity contribution is 5.91. The average Bonchev–Trinajstić information content (AvgIpc) is 3.71. The first kappa shape index (κ1) is 28.2. The Labute approximate surface area is 243 Å². The van der Waals surface area contributed by atoms with Gasteiger partial charge in [0.2, 0.25) is 0 Å². The van der Waals surface area contributed by atoms with Crippen LogP contribution in [0.25, 0.3) is 17.0 Å². The molecule has 1 aliphatic carbocycles. The predicted molar refractivity (Wildman–Crippen MR) is 155 cm³/mol. The van der Waals surface area contributed by atoms with Crippen molar-refractivity contribution in [1.82, 2.24) is 25.0 Å². The molecule has 1 saturated heterocycles. The lowest BCUT2D eigenvalue weighted by molar-refractivity contribution is 0.133. The van der Waals surface area contributed by atoms with Crippen LogP contribution in [0.1, 0.15) is 41.1 Å². The first-order valence-electron chi connectivity index (χ1n) is 14.2. The van der Waals surface area contributed by atoms with Crippen LogP contribution in [0.2, 0.25) is 0 Å². The van der Waals surface area contributed by atoms with Gasteiger partial charge in [0.25, 0.3) is 0 Å². The Kier molecular flexibility index (Phi) is 8.14. The van der Waals surface area contributed by atoms with E-state index in [4.69, 9.17) is 14.6 Å². The molecule has 220 valence electrons. The number of carbonyl (C=O) groups is 1. The number of nitrogens with zero attached hydrogens (tertiary/aromatic N) is 4. The molecule has 2 atom stereocenters. The van der Waals surface area contributed by atoms with Gasteiger partial charge in [-0.1, -0.05) is 18.2 Å². The maximum absolute atomic E-state index is 14.2. The number of ether oxygens (including phenoxy) is 2. The van der Waals surface area contributed by atoms with Crippen molar-refractivity contribution in [3.63, 3.8) is 0 Å². The summed E-state index contributed by atoms with van der Waals surface area (Å²) in [6, 6.07) is 5.25. The summed E-state index contributed by atoms with van der Waals surface area (Å²) in [5.74, 6) is -1.46. The van der Waals surface area contributed by atoms with E-state index in [-0.39, 0.29) is 12.0 Å². The molecule has 1 fully saturated rings. The van der Waals surface area contributed by atoms with Crippen LogP contribution in [-0.4, -0.2) is 65.1 Å². The number of likely N-dealkylation sites (tertiary alicyclic amines) is 1. The molecule has 0 saturated carbocycles. The first-order chi connectivity index (χ1) is 20.4. The van der Waals surface area contributed by atoms with Gasteiger partial charge >= 0.3 is 6.03 Å². The van der Waals surface area contributed by atoms with Crippen LogP contribution < -0.4 is 10.6 Å². The number of pyridine rings is 1. The summed E-state index contributed by atoms with van der Waals surface area (Å²) in [4.78, 5) is 20.3. The number of hydrogen-bond acceptors (Lipinski definition) is 6. The van der Waals surface area contributed by atoms with Crippen molar-refractivity contribution in [3.8, 4) is 11.3 Å². The summed E-state index contributed by atoms with van der Waals surface area (Å²) in [5, 5.41) is 11.1. The van der Waals surface area contributed by atoms with Crippen LogP contribution in [0.15, 0.2) is 48.7 Å². The maximum Gasteiger partial charge on any atom is 0.320 e. The van der Waals surface area contributed by atoms with Gasteiger partial charge < -0.3 is 14.8 Å². The first-order valence-corrected chi connectivity index (χ1v) is 14.2. The molecule has 0 spiro atoms. The highest BCUT2D eigenvalue weighted by atomic mass is 19.2. The summed E-state index contributed by atoms with van der Waals surface area (Å²) in [6.07, 6.45) is 9.54. The molecule has 11 heteroatoms. The molecule has 0 radical (unpaired) electrons. The second kappa shape index (κ2) is 12.1. The Hall–Kier alpha value is -3.93. The average molecular weight is 577 g/mol. The van der Waals surface area contributed by atoms with E-state index in [1.54, 1.807) is 24.1 Å². The second-order valence-electron chi connectivity index (χ2n) is 10.9. The molecular weight excluding hydrogens is 542 g/mol. The smallest absolute Gasteiger partial charge is 0.320 e. The van der Waals surface area contributed by atoms with Gasteiger partial charge in [-0.05, 0) is 49.6 Å². The monoisotopic (exact) mass is 576 g/mol. The summed E-state index contributed by atoms with van der Waals surface area (Å²) >= 11 is 0. The lowest BCUT2D eigenvalue weighted by Crippen LogP contribution is -2.42. The summed E-state index contributed by atoms with van der Waals surface area (Å²) in [7, 11) is 1.63. The molecule has 9 nitrogen and oxygen atoms in total. The highest BCUT2D eigenvalue weighted by Crippen LogP contribution is 2.34. The standard InChI is InChI=1S/C31H34F2N6O3/c1-19-29(21-12-22-17-42-18-28(22)34-14-21)37-39(23-6-4-3-5-7-23)30(19)36-31(40)35-27-16-38(10-11-41-2)15-24(27)20-8-9-25(32)26(33)13-20/h3-4,6,8-9,12-14,24,27H,5,7,10-11,15-18H2,1-2H3,(H2,35,36,40)/t24-,27+/m0/s1. The molecule has 2 aliphatic heterocycles. The molecule has 4 heterocycles. The fraction of sp³-hybridized carbons (Fsp3) is 0.387. The second-order valence-corrected chi connectivity index (χ2v) is 10.9. The number of aromatic nitrogens is 3. The summed E-state index contributed by atoms with van der Waals surface area (Å²) in [5.41, 5.74) is 5.96. The maximum atomic E-state index is 14.2. The van der Waals surface area contributed by atoms with Gasteiger partial charge in [0.05, 0.1) is 37.3 Å². The van der Waals surface area contributed by atoms with Crippen molar-refractivity contribution in [2.24, 2.45) is 0 Å². The highest BCUT2D eigenvalue weighted by Gasteiger charge is 2.35. The molecule has 0 unspecified atom stereocenters. The van der Waals surface area contributed by atoms with Gasteiger partial charge in [-0.25, -0.2) is 18.3 Å². The fourth-order valence-electron chi connectivity index (χ4n) is 5.90. The Morgan fingerprint density at radius 1 is 1.19 bits per heavy atom. The molecule has 0 bridgehead atoms. The van der Waals surface area contributed by atoms with E-state index in [1.807, 2.05) is 25.1 Å². The zero-order valence-corrected chi connectivity index (χ0v) is 23.7. The van der Waals surface area contributed by atoms with Gasteiger partial charge in [0.15, 0.2) is 11.6 Å². The topological polar surface area (TPSA) is 93.5 Å². The molecule has 2 N–H and O–H groups in total. The molecule has 3 aromatic rings. The number of halogens is 2. The molecular formula is C31H34F2N6O3. The number of carbonyl (C=O) groups excluding carboxylic acids is 1. The lowest BCUT2D eigenvalue weighted by atomic mass is 9.94. The van der Waals surface area contributed by atoms with Crippen molar-refractivity contribution in [2.45, 2.75) is 44.9 Å². The van der Waals surface area contributed by atoms with E-state index in [0.29, 0.717) is 50.8 Å². The molecule has 2 amide bonds. The summed E-state index contributed by atoms with van der Waals surface area (Å²) in [6.45, 7) is 5.26. The van der Waals surface area contributed by atoms with Gasteiger partial charge in [-0.2, -0.15) is 5.10 Å². The number of nitrogens with one attached hydrogen (secondary N) is 2. The molecule has 3 aliphatic rings. The largest absolute Gasteiger partial charge is 0.383 e. The van der Waals surface area contributed by atoms with Crippen molar-refractivity contribution in [3.05, 3.63) is 82.7 Å².